The lowest BCUT2D eigenvalue weighted by atomic mass is 9.81. The Balaban J connectivity index is 2.01. The van der Waals surface area contributed by atoms with Gasteiger partial charge in [0.1, 0.15) is 5.75 Å². The molecule has 108 valence electrons. The van der Waals surface area contributed by atoms with Gasteiger partial charge in [0.2, 0.25) is 0 Å². The minimum atomic E-state index is 0.536. The summed E-state index contributed by atoms with van der Waals surface area (Å²) in [5, 5.41) is 12.4. The molecule has 4 heteroatoms. The third-order valence-electron chi connectivity index (χ3n) is 4.11. The van der Waals surface area contributed by atoms with Crippen molar-refractivity contribution in [2.45, 2.75) is 37.6 Å². The van der Waals surface area contributed by atoms with E-state index in [9.17, 15) is 0 Å². The van der Waals surface area contributed by atoms with Crippen molar-refractivity contribution in [3.8, 4) is 11.8 Å². The molecule has 20 heavy (non-hydrogen) atoms. The highest BCUT2D eigenvalue weighted by Gasteiger charge is 2.24. The van der Waals surface area contributed by atoms with E-state index in [-0.39, 0.29) is 0 Å². The van der Waals surface area contributed by atoms with Gasteiger partial charge in [-0.15, -0.1) is 0 Å². The first kappa shape index (κ1) is 14.8. The minimum Gasteiger partial charge on any atom is -0.496 e. The molecule has 0 heterocycles. The normalized spacial score (nSPS) is 22.2. The summed E-state index contributed by atoms with van der Waals surface area (Å²) in [5.74, 6) is 1.39. The van der Waals surface area contributed by atoms with Crippen molar-refractivity contribution in [1.29, 1.82) is 5.26 Å². The highest BCUT2D eigenvalue weighted by molar-refractivity contribution is 5.44. The Labute approximate surface area is 120 Å². The molecule has 0 saturated heterocycles. The summed E-state index contributed by atoms with van der Waals surface area (Å²) < 4.78 is 5.45. The van der Waals surface area contributed by atoms with E-state index in [4.69, 9.17) is 15.7 Å². The second-order valence-corrected chi connectivity index (χ2v) is 5.36. The Morgan fingerprint density at radius 2 is 2.10 bits per heavy atom. The van der Waals surface area contributed by atoms with Gasteiger partial charge in [0.15, 0.2) is 0 Å². The zero-order valence-corrected chi connectivity index (χ0v) is 12.1. The van der Waals surface area contributed by atoms with Crippen LogP contribution in [0.5, 0.6) is 5.75 Å². The Kier molecular flexibility index (Phi) is 5.40. The number of rotatable bonds is 5. The van der Waals surface area contributed by atoms with E-state index in [0.717, 1.165) is 25.1 Å². The van der Waals surface area contributed by atoms with Crippen LogP contribution in [0.2, 0.25) is 0 Å². The maximum Gasteiger partial charge on any atom is 0.123 e. The molecule has 0 radical (unpaired) electrons. The predicted molar refractivity (Wildman–Crippen MR) is 79.8 cm³/mol. The van der Waals surface area contributed by atoms with Crippen LogP contribution in [0.4, 0.5) is 0 Å². The van der Waals surface area contributed by atoms with E-state index in [1.54, 1.807) is 7.11 Å². The third kappa shape index (κ3) is 3.50. The van der Waals surface area contributed by atoms with Crippen LogP contribution in [0.3, 0.4) is 0 Å². The summed E-state index contributed by atoms with van der Waals surface area (Å²) in [6, 6.07) is 8.53. The van der Waals surface area contributed by atoms with Crippen LogP contribution < -0.4 is 15.8 Å². The molecule has 1 aliphatic carbocycles. The number of nitrogens with two attached hydrogens (primary N) is 1. The highest BCUT2D eigenvalue weighted by Crippen LogP contribution is 2.37. The maximum atomic E-state index is 8.95. The van der Waals surface area contributed by atoms with Gasteiger partial charge in [0, 0.05) is 19.1 Å². The van der Waals surface area contributed by atoms with E-state index in [0.29, 0.717) is 24.1 Å². The molecule has 0 atom stereocenters. The summed E-state index contributed by atoms with van der Waals surface area (Å²) >= 11 is 0. The topological polar surface area (TPSA) is 71.1 Å². The summed E-state index contributed by atoms with van der Waals surface area (Å²) in [7, 11) is 1.68. The number of nitriles is 1. The lowest BCUT2D eigenvalue weighted by molar-refractivity contribution is 0.335. The van der Waals surface area contributed by atoms with Gasteiger partial charge in [0.05, 0.1) is 18.7 Å². The molecule has 1 saturated carbocycles. The van der Waals surface area contributed by atoms with Crippen molar-refractivity contribution in [3.05, 3.63) is 29.3 Å². The summed E-state index contributed by atoms with van der Waals surface area (Å²) in [6.45, 7) is 1.60. The Hall–Kier alpha value is -1.57. The first-order chi connectivity index (χ1) is 9.78. The zero-order chi connectivity index (χ0) is 14.4. The van der Waals surface area contributed by atoms with E-state index < -0.39 is 0 Å². The molecule has 0 unspecified atom stereocenters. The third-order valence-corrected chi connectivity index (χ3v) is 4.11. The van der Waals surface area contributed by atoms with Gasteiger partial charge in [0.25, 0.3) is 0 Å². The molecule has 1 aromatic carbocycles. The van der Waals surface area contributed by atoms with E-state index >= 15 is 0 Å². The second-order valence-electron chi connectivity index (χ2n) is 5.36. The molecular formula is C16H23N3O. The van der Waals surface area contributed by atoms with Gasteiger partial charge in [-0.25, -0.2) is 0 Å². The van der Waals surface area contributed by atoms with Gasteiger partial charge < -0.3 is 15.8 Å². The fourth-order valence-electron chi connectivity index (χ4n) is 3.01. The monoisotopic (exact) mass is 273 g/mol. The smallest absolute Gasteiger partial charge is 0.123 e. The van der Waals surface area contributed by atoms with Gasteiger partial charge in [-0.1, -0.05) is 6.07 Å². The summed E-state index contributed by atoms with van der Waals surface area (Å²) in [6.07, 6.45) is 4.66. The van der Waals surface area contributed by atoms with Crippen molar-refractivity contribution < 1.29 is 4.74 Å². The molecule has 0 aromatic heterocycles. The lowest BCUT2D eigenvalue weighted by Crippen LogP contribution is -2.36. The molecule has 1 aromatic rings. The predicted octanol–water partition coefficient (Wildman–Crippen LogP) is 2.14. The quantitative estimate of drug-likeness (QED) is 0.862. The highest BCUT2D eigenvalue weighted by atomic mass is 16.5. The van der Waals surface area contributed by atoms with Gasteiger partial charge in [-0.2, -0.15) is 5.26 Å². The van der Waals surface area contributed by atoms with Crippen molar-refractivity contribution in [2.75, 3.05) is 20.2 Å². The summed E-state index contributed by atoms with van der Waals surface area (Å²) in [4.78, 5) is 0. The second kappa shape index (κ2) is 7.28. The molecule has 0 amide bonds. The summed E-state index contributed by atoms with van der Waals surface area (Å²) in [5.41, 5.74) is 7.42. The number of hydrogen-bond donors (Lipinski definition) is 2. The average Bonchev–Trinajstić information content (AvgIpc) is 2.52. The molecule has 4 nitrogen and oxygen atoms in total. The SMILES string of the molecule is COc1cc(C#N)ccc1C1CCC(NCCN)CC1. The first-order valence-electron chi connectivity index (χ1n) is 7.30. The number of hydrogen-bond acceptors (Lipinski definition) is 4. The Morgan fingerprint density at radius 3 is 2.70 bits per heavy atom. The first-order valence-corrected chi connectivity index (χ1v) is 7.30. The molecule has 3 N–H and O–H groups in total. The van der Waals surface area contributed by atoms with Crippen molar-refractivity contribution in [1.82, 2.24) is 5.32 Å². The van der Waals surface area contributed by atoms with Crippen molar-refractivity contribution in [2.24, 2.45) is 5.73 Å². The molecular weight excluding hydrogens is 250 g/mol. The fourth-order valence-corrected chi connectivity index (χ4v) is 3.01. The van der Waals surface area contributed by atoms with Gasteiger partial charge in [-0.05, 0) is 49.3 Å². The largest absolute Gasteiger partial charge is 0.496 e. The molecule has 0 bridgehead atoms. The van der Waals surface area contributed by atoms with Gasteiger partial charge in [-0.3, -0.25) is 0 Å². The molecule has 2 rings (SSSR count). The molecule has 1 aliphatic rings. The number of nitrogens with zero attached hydrogens (tertiary/aromatic N) is 1. The maximum absolute atomic E-state index is 8.95. The van der Waals surface area contributed by atoms with E-state index in [1.165, 1.54) is 18.4 Å². The molecule has 0 aliphatic heterocycles. The van der Waals surface area contributed by atoms with Crippen LogP contribution in [-0.4, -0.2) is 26.2 Å². The number of nitrogens with one attached hydrogen (secondary N) is 1. The standard InChI is InChI=1S/C16H23N3O/c1-20-16-10-12(11-18)2-7-15(16)13-3-5-14(6-4-13)19-9-8-17/h2,7,10,13-14,19H,3-6,8-9,17H2,1H3. The number of benzene rings is 1. The number of ether oxygens (including phenoxy) is 1. The van der Waals surface area contributed by atoms with Gasteiger partial charge >= 0.3 is 0 Å². The van der Waals surface area contributed by atoms with Crippen LogP contribution in [0, 0.1) is 11.3 Å². The lowest BCUT2D eigenvalue weighted by Gasteiger charge is -2.30. The van der Waals surface area contributed by atoms with Crippen LogP contribution in [0.1, 0.15) is 42.7 Å². The van der Waals surface area contributed by atoms with E-state index in [2.05, 4.69) is 17.5 Å². The Bertz CT molecular complexity index is 473. The van der Waals surface area contributed by atoms with E-state index in [1.807, 2.05) is 12.1 Å². The molecule has 1 fully saturated rings. The minimum absolute atomic E-state index is 0.536. The average molecular weight is 273 g/mol. The molecule has 0 spiro atoms. The van der Waals surface area contributed by atoms with Crippen LogP contribution in [-0.2, 0) is 0 Å². The van der Waals surface area contributed by atoms with Crippen molar-refractivity contribution >= 4 is 0 Å². The van der Waals surface area contributed by atoms with Crippen LogP contribution in [0.15, 0.2) is 18.2 Å². The number of methoxy groups -OCH3 is 1. The fraction of sp³-hybridized carbons (Fsp3) is 0.562. The Morgan fingerprint density at radius 1 is 1.35 bits per heavy atom. The van der Waals surface area contributed by atoms with Crippen molar-refractivity contribution in [3.63, 3.8) is 0 Å². The van der Waals surface area contributed by atoms with Crippen LogP contribution in [0.25, 0.3) is 0 Å². The van der Waals surface area contributed by atoms with Crippen LogP contribution >= 0.6 is 0 Å². The zero-order valence-electron chi connectivity index (χ0n) is 12.1.